The molecule has 18 heavy (non-hydrogen) atoms. The average molecular weight is 319 g/mol. The molecule has 1 amide bonds. The Kier molecular flexibility index (Phi) is 3.94. The Bertz CT molecular complexity index is 426. The molecule has 2 rings (SSSR count). The zero-order valence-electron chi connectivity index (χ0n) is 9.63. The lowest BCUT2D eigenvalue weighted by Gasteiger charge is -2.28. The van der Waals surface area contributed by atoms with E-state index in [1.54, 1.807) is 12.1 Å². The molecular formula is C12H13BrF2N2O. The summed E-state index contributed by atoms with van der Waals surface area (Å²) in [6.45, 7) is 0. The molecule has 1 saturated carbocycles. The van der Waals surface area contributed by atoms with Gasteiger partial charge in [-0.15, -0.1) is 0 Å². The molecule has 0 unspecified atom stereocenters. The maximum Gasteiger partial charge on any atom is 0.270 e. The van der Waals surface area contributed by atoms with Gasteiger partial charge in [0.25, 0.3) is 5.91 Å². The Morgan fingerprint density at radius 1 is 1.39 bits per heavy atom. The van der Waals surface area contributed by atoms with E-state index in [0.29, 0.717) is 18.5 Å². The fourth-order valence-corrected chi connectivity index (χ4v) is 2.19. The Morgan fingerprint density at radius 2 is 2.06 bits per heavy atom. The van der Waals surface area contributed by atoms with Crippen LogP contribution in [0, 0.1) is 0 Å². The molecule has 1 N–H and O–H groups in total. The van der Waals surface area contributed by atoms with E-state index >= 15 is 0 Å². The molecule has 3 nitrogen and oxygen atoms in total. The molecule has 0 aromatic carbocycles. The Hall–Kier alpha value is -1.04. The first-order valence-electron chi connectivity index (χ1n) is 5.76. The molecule has 0 bridgehead atoms. The summed E-state index contributed by atoms with van der Waals surface area (Å²) >= 11 is 3.23. The standard InChI is InChI=1S/C12H13BrF2N2O/c13-8-1-2-10(16-7-8)11(18)17-9-3-5-12(14,15)6-4-9/h1-2,7,9H,3-6H2,(H,17,18). The molecule has 1 aliphatic carbocycles. The molecule has 1 aromatic heterocycles. The normalized spacial score (nSPS) is 19.5. The molecular weight excluding hydrogens is 306 g/mol. The van der Waals surface area contributed by atoms with Crippen LogP contribution in [-0.4, -0.2) is 22.9 Å². The van der Waals surface area contributed by atoms with Crippen LogP contribution >= 0.6 is 15.9 Å². The quantitative estimate of drug-likeness (QED) is 0.910. The predicted octanol–water partition coefficient (Wildman–Crippen LogP) is 3.15. The molecule has 1 fully saturated rings. The van der Waals surface area contributed by atoms with Crippen molar-refractivity contribution in [1.29, 1.82) is 0 Å². The van der Waals surface area contributed by atoms with Gasteiger partial charge in [0.05, 0.1) is 0 Å². The second kappa shape index (κ2) is 5.30. The van der Waals surface area contributed by atoms with Crippen molar-refractivity contribution in [1.82, 2.24) is 10.3 Å². The second-order valence-corrected chi connectivity index (χ2v) is 5.38. The van der Waals surface area contributed by atoms with E-state index in [1.807, 2.05) is 0 Å². The summed E-state index contributed by atoms with van der Waals surface area (Å²) in [5.41, 5.74) is 0.301. The Labute approximate surface area is 112 Å². The number of nitrogens with zero attached hydrogens (tertiary/aromatic N) is 1. The van der Waals surface area contributed by atoms with Gasteiger partial charge in [-0.1, -0.05) is 0 Å². The van der Waals surface area contributed by atoms with Crippen molar-refractivity contribution >= 4 is 21.8 Å². The van der Waals surface area contributed by atoms with Gasteiger partial charge in [0, 0.05) is 29.6 Å². The van der Waals surface area contributed by atoms with Gasteiger partial charge in [0.15, 0.2) is 0 Å². The van der Waals surface area contributed by atoms with Gasteiger partial charge >= 0.3 is 0 Å². The maximum atomic E-state index is 13.0. The number of carbonyl (C=O) groups is 1. The molecule has 0 spiro atoms. The fourth-order valence-electron chi connectivity index (χ4n) is 1.95. The third-order valence-corrected chi connectivity index (χ3v) is 3.48. The molecule has 1 aliphatic rings. The van der Waals surface area contributed by atoms with Gasteiger partial charge in [-0.2, -0.15) is 0 Å². The van der Waals surface area contributed by atoms with Crippen molar-refractivity contribution in [2.24, 2.45) is 0 Å². The molecule has 0 radical (unpaired) electrons. The predicted molar refractivity (Wildman–Crippen MR) is 66.6 cm³/mol. The van der Waals surface area contributed by atoms with Crippen molar-refractivity contribution < 1.29 is 13.6 Å². The molecule has 1 aromatic rings. The van der Waals surface area contributed by atoms with Gasteiger partial charge in [-0.3, -0.25) is 4.79 Å². The lowest BCUT2D eigenvalue weighted by Crippen LogP contribution is -2.40. The van der Waals surface area contributed by atoms with Gasteiger partial charge < -0.3 is 5.32 Å². The number of hydrogen-bond acceptors (Lipinski definition) is 2. The fraction of sp³-hybridized carbons (Fsp3) is 0.500. The smallest absolute Gasteiger partial charge is 0.270 e. The number of amides is 1. The number of carbonyl (C=O) groups excluding carboxylic acids is 1. The van der Waals surface area contributed by atoms with Crippen molar-refractivity contribution in [2.75, 3.05) is 0 Å². The first-order valence-corrected chi connectivity index (χ1v) is 6.56. The number of halogens is 3. The van der Waals surface area contributed by atoms with E-state index < -0.39 is 5.92 Å². The summed E-state index contributed by atoms with van der Waals surface area (Å²) in [7, 11) is 0. The monoisotopic (exact) mass is 318 g/mol. The summed E-state index contributed by atoms with van der Waals surface area (Å²) in [4.78, 5) is 15.8. The Balaban J connectivity index is 1.90. The minimum absolute atomic E-state index is 0.161. The van der Waals surface area contributed by atoms with E-state index in [9.17, 15) is 13.6 Å². The van der Waals surface area contributed by atoms with Crippen molar-refractivity contribution in [2.45, 2.75) is 37.6 Å². The molecule has 6 heteroatoms. The zero-order chi connectivity index (χ0) is 13.2. The number of alkyl halides is 2. The van der Waals surface area contributed by atoms with E-state index in [4.69, 9.17) is 0 Å². The second-order valence-electron chi connectivity index (χ2n) is 4.47. The first-order chi connectivity index (χ1) is 8.46. The van der Waals surface area contributed by atoms with Gasteiger partial charge in [-0.05, 0) is 40.9 Å². The van der Waals surface area contributed by atoms with Crippen LogP contribution in [0.1, 0.15) is 36.2 Å². The molecule has 98 valence electrons. The summed E-state index contributed by atoms with van der Waals surface area (Å²) in [6, 6.07) is 3.14. The van der Waals surface area contributed by atoms with Crippen LogP contribution in [0.25, 0.3) is 0 Å². The van der Waals surface area contributed by atoms with E-state index in [-0.39, 0.29) is 24.8 Å². The summed E-state index contributed by atoms with van der Waals surface area (Å²) in [6.07, 6.45) is 1.84. The number of nitrogens with one attached hydrogen (secondary N) is 1. The number of hydrogen-bond donors (Lipinski definition) is 1. The highest BCUT2D eigenvalue weighted by molar-refractivity contribution is 9.10. The largest absolute Gasteiger partial charge is 0.348 e. The minimum Gasteiger partial charge on any atom is -0.348 e. The third kappa shape index (κ3) is 3.48. The number of rotatable bonds is 2. The van der Waals surface area contributed by atoms with E-state index in [1.165, 1.54) is 6.20 Å². The maximum absolute atomic E-state index is 13.0. The highest BCUT2D eigenvalue weighted by Gasteiger charge is 2.35. The number of aromatic nitrogens is 1. The van der Waals surface area contributed by atoms with Crippen molar-refractivity contribution in [3.8, 4) is 0 Å². The lowest BCUT2D eigenvalue weighted by molar-refractivity contribution is -0.0399. The van der Waals surface area contributed by atoms with Crippen LogP contribution < -0.4 is 5.32 Å². The summed E-state index contributed by atoms with van der Waals surface area (Å²) in [5.74, 6) is -2.88. The van der Waals surface area contributed by atoms with Gasteiger partial charge in [-0.25, -0.2) is 13.8 Å². The summed E-state index contributed by atoms with van der Waals surface area (Å²) in [5, 5.41) is 2.74. The highest BCUT2D eigenvalue weighted by atomic mass is 79.9. The molecule has 0 atom stereocenters. The zero-order valence-corrected chi connectivity index (χ0v) is 11.2. The third-order valence-electron chi connectivity index (χ3n) is 3.01. The Morgan fingerprint density at radius 3 is 2.61 bits per heavy atom. The van der Waals surface area contributed by atoms with Crippen LogP contribution in [0.5, 0.6) is 0 Å². The van der Waals surface area contributed by atoms with Gasteiger partial charge in [0.2, 0.25) is 5.92 Å². The molecule has 1 heterocycles. The van der Waals surface area contributed by atoms with Crippen LogP contribution in [-0.2, 0) is 0 Å². The van der Waals surface area contributed by atoms with Crippen LogP contribution in [0.3, 0.4) is 0 Å². The SMILES string of the molecule is O=C(NC1CCC(F)(F)CC1)c1ccc(Br)cn1. The van der Waals surface area contributed by atoms with Crippen molar-refractivity contribution in [3.05, 3.63) is 28.5 Å². The molecule has 0 aliphatic heterocycles. The minimum atomic E-state index is -2.57. The highest BCUT2D eigenvalue weighted by Crippen LogP contribution is 2.33. The van der Waals surface area contributed by atoms with E-state index in [0.717, 1.165) is 4.47 Å². The van der Waals surface area contributed by atoms with Crippen LogP contribution in [0.2, 0.25) is 0 Å². The molecule has 0 saturated heterocycles. The van der Waals surface area contributed by atoms with E-state index in [2.05, 4.69) is 26.2 Å². The van der Waals surface area contributed by atoms with Crippen LogP contribution in [0.15, 0.2) is 22.8 Å². The number of pyridine rings is 1. The van der Waals surface area contributed by atoms with Gasteiger partial charge in [0.1, 0.15) is 5.69 Å². The lowest BCUT2D eigenvalue weighted by atomic mass is 9.92. The van der Waals surface area contributed by atoms with Crippen molar-refractivity contribution in [3.63, 3.8) is 0 Å². The average Bonchev–Trinajstić information content (AvgIpc) is 2.33. The summed E-state index contributed by atoms with van der Waals surface area (Å²) < 4.78 is 26.7. The van der Waals surface area contributed by atoms with Crippen LogP contribution in [0.4, 0.5) is 8.78 Å². The first kappa shape index (κ1) is 13.4. The topological polar surface area (TPSA) is 42.0 Å².